The van der Waals surface area contributed by atoms with Crippen molar-refractivity contribution in [1.82, 2.24) is 10.2 Å². The van der Waals surface area contributed by atoms with Crippen LogP contribution >= 0.6 is 0 Å². The number of amides is 1. The minimum Gasteiger partial charge on any atom is -0.354 e. The first-order chi connectivity index (χ1) is 13.7. The van der Waals surface area contributed by atoms with Gasteiger partial charge in [-0.15, -0.1) is 0 Å². The highest BCUT2D eigenvalue weighted by Crippen LogP contribution is 2.23. The maximum Gasteiger partial charge on any atom is 0.271 e. The monoisotopic (exact) mass is 426 g/mol. The maximum absolute atomic E-state index is 12.3. The fraction of sp³-hybridized carbons (Fsp3) is 0.632. The standard InChI is InChI=1S/C19H30N4O5S/c1-3-16-8-4-5-12-21(16)13-7-11-20-19(24)15-22(29(2,27)28)17-9-6-10-18(14-17)23(25)26/h6,9-10,14,16H,3-5,7-8,11-13,15H2,1-2H3,(H,20,24). The summed E-state index contributed by atoms with van der Waals surface area (Å²) < 4.78 is 25.1. The summed E-state index contributed by atoms with van der Waals surface area (Å²) in [4.78, 5) is 25.1. The van der Waals surface area contributed by atoms with Crippen molar-refractivity contribution in [3.05, 3.63) is 34.4 Å². The first-order valence-corrected chi connectivity index (χ1v) is 11.8. The van der Waals surface area contributed by atoms with E-state index in [4.69, 9.17) is 0 Å². The highest BCUT2D eigenvalue weighted by Gasteiger charge is 2.23. The number of nitrogens with zero attached hydrogens (tertiary/aromatic N) is 3. The normalized spacial score (nSPS) is 17.7. The van der Waals surface area contributed by atoms with Gasteiger partial charge in [-0.25, -0.2) is 8.42 Å². The number of benzene rings is 1. The van der Waals surface area contributed by atoms with Crippen LogP contribution in [0, 0.1) is 10.1 Å². The number of nitro benzene ring substituents is 1. The van der Waals surface area contributed by atoms with Gasteiger partial charge in [-0.3, -0.25) is 19.2 Å². The number of rotatable bonds is 10. The number of piperidine rings is 1. The molecule has 0 saturated carbocycles. The van der Waals surface area contributed by atoms with E-state index in [0.29, 0.717) is 12.6 Å². The van der Waals surface area contributed by atoms with Crippen LogP contribution in [0.15, 0.2) is 24.3 Å². The molecule has 1 N–H and O–H groups in total. The van der Waals surface area contributed by atoms with Gasteiger partial charge in [0, 0.05) is 31.3 Å². The second-order valence-corrected chi connectivity index (χ2v) is 9.25. The zero-order chi connectivity index (χ0) is 21.4. The smallest absolute Gasteiger partial charge is 0.271 e. The van der Waals surface area contributed by atoms with Crippen molar-refractivity contribution in [1.29, 1.82) is 0 Å². The Morgan fingerprint density at radius 2 is 2.14 bits per heavy atom. The molecule has 1 aliphatic heterocycles. The molecule has 0 aliphatic carbocycles. The Morgan fingerprint density at radius 1 is 1.38 bits per heavy atom. The molecule has 1 aliphatic rings. The van der Waals surface area contributed by atoms with Crippen LogP contribution in [0.1, 0.15) is 39.0 Å². The maximum atomic E-state index is 12.3. The Labute approximate surface area is 172 Å². The zero-order valence-electron chi connectivity index (χ0n) is 17.0. The molecule has 1 fully saturated rings. The Kier molecular flexibility index (Phi) is 8.39. The number of hydrogen-bond acceptors (Lipinski definition) is 6. The molecular weight excluding hydrogens is 396 g/mol. The first kappa shape index (κ1) is 23.1. The van der Waals surface area contributed by atoms with Crippen molar-refractivity contribution in [2.24, 2.45) is 0 Å². The molecule has 1 heterocycles. The molecule has 29 heavy (non-hydrogen) atoms. The average Bonchev–Trinajstić information content (AvgIpc) is 2.69. The van der Waals surface area contributed by atoms with Crippen LogP contribution in [0.2, 0.25) is 0 Å². The highest BCUT2D eigenvalue weighted by atomic mass is 32.2. The van der Waals surface area contributed by atoms with Gasteiger partial charge in [0.1, 0.15) is 6.54 Å². The number of non-ortho nitro benzene ring substituents is 1. The lowest BCUT2D eigenvalue weighted by Crippen LogP contribution is -2.42. The minimum atomic E-state index is -3.77. The number of nitro groups is 1. The van der Waals surface area contributed by atoms with E-state index >= 15 is 0 Å². The molecule has 1 saturated heterocycles. The highest BCUT2D eigenvalue weighted by molar-refractivity contribution is 7.92. The summed E-state index contributed by atoms with van der Waals surface area (Å²) in [5.41, 5.74) is -0.139. The van der Waals surface area contributed by atoms with E-state index in [-0.39, 0.29) is 11.4 Å². The number of anilines is 1. The Bertz CT molecular complexity index is 815. The van der Waals surface area contributed by atoms with Gasteiger partial charge in [0.25, 0.3) is 5.69 Å². The molecule has 9 nitrogen and oxygen atoms in total. The lowest BCUT2D eigenvalue weighted by atomic mass is 10.00. The zero-order valence-corrected chi connectivity index (χ0v) is 17.9. The van der Waals surface area contributed by atoms with Crippen LogP contribution in [0.4, 0.5) is 11.4 Å². The first-order valence-electron chi connectivity index (χ1n) is 9.95. The molecule has 2 rings (SSSR count). The van der Waals surface area contributed by atoms with E-state index in [1.807, 2.05) is 0 Å². The van der Waals surface area contributed by atoms with E-state index in [0.717, 1.165) is 42.6 Å². The van der Waals surface area contributed by atoms with Crippen molar-refractivity contribution < 1.29 is 18.1 Å². The number of carbonyl (C=O) groups is 1. The molecule has 1 amide bonds. The summed E-state index contributed by atoms with van der Waals surface area (Å²) in [5, 5.41) is 13.7. The number of carbonyl (C=O) groups excluding carboxylic acids is 1. The molecular formula is C19H30N4O5S. The van der Waals surface area contributed by atoms with Crippen molar-refractivity contribution in [3.8, 4) is 0 Å². The summed E-state index contributed by atoms with van der Waals surface area (Å²) >= 11 is 0. The van der Waals surface area contributed by atoms with E-state index in [1.165, 1.54) is 37.5 Å². The number of nitrogens with one attached hydrogen (secondary N) is 1. The third-order valence-corrected chi connectivity index (χ3v) is 6.32. The topological polar surface area (TPSA) is 113 Å². The third kappa shape index (κ3) is 6.97. The van der Waals surface area contributed by atoms with Crippen molar-refractivity contribution in [3.63, 3.8) is 0 Å². The van der Waals surface area contributed by atoms with Crippen LogP contribution in [0.5, 0.6) is 0 Å². The number of likely N-dealkylation sites (tertiary alicyclic amines) is 1. The molecule has 10 heteroatoms. The minimum absolute atomic E-state index is 0.0935. The van der Waals surface area contributed by atoms with Gasteiger partial charge in [-0.1, -0.05) is 19.4 Å². The van der Waals surface area contributed by atoms with Gasteiger partial charge < -0.3 is 10.2 Å². The number of hydrogen-bond donors (Lipinski definition) is 1. The van der Waals surface area contributed by atoms with E-state index < -0.39 is 27.4 Å². The molecule has 1 atom stereocenters. The van der Waals surface area contributed by atoms with Gasteiger partial charge >= 0.3 is 0 Å². The molecule has 1 aromatic rings. The van der Waals surface area contributed by atoms with Gasteiger partial charge in [0.05, 0.1) is 16.9 Å². The van der Waals surface area contributed by atoms with E-state index in [1.54, 1.807) is 0 Å². The van der Waals surface area contributed by atoms with Crippen LogP contribution < -0.4 is 9.62 Å². The largest absolute Gasteiger partial charge is 0.354 e. The molecule has 162 valence electrons. The summed E-state index contributed by atoms with van der Waals surface area (Å²) in [6.45, 7) is 4.22. The SMILES string of the molecule is CCC1CCCCN1CCCNC(=O)CN(c1cccc([N+](=O)[O-])c1)S(C)(=O)=O. The van der Waals surface area contributed by atoms with Crippen molar-refractivity contribution in [2.45, 2.75) is 45.1 Å². The molecule has 0 aromatic heterocycles. The fourth-order valence-corrected chi connectivity index (χ4v) is 4.52. The summed E-state index contributed by atoms with van der Waals surface area (Å²) in [7, 11) is -3.77. The van der Waals surface area contributed by atoms with Crippen molar-refractivity contribution >= 4 is 27.3 Å². The molecule has 1 aromatic carbocycles. The molecule has 0 bridgehead atoms. The van der Waals surface area contributed by atoms with Gasteiger partial charge in [-0.05, 0) is 38.3 Å². The second-order valence-electron chi connectivity index (χ2n) is 7.34. The van der Waals surface area contributed by atoms with Gasteiger partial charge in [0.2, 0.25) is 15.9 Å². The van der Waals surface area contributed by atoms with Crippen LogP contribution in [-0.4, -0.2) is 62.6 Å². The Balaban J connectivity index is 1.90. The Hall–Kier alpha value is -2.20. The lowest BCUT2D eigenvalue weighted by Gasteiger charge is -2.35. The second kappa shape index (κ2) is 10.5. The summed E-state index contributed by atoms with van der Waals surface area (Å²) in [5.74, 6) is -0.437. The van der Waals surface area contributed by atoms with E-state index in [9.17, 15) is 23.3 Å². The van der Waals surface area contributed by atoms with Crippen LogP contribution in [0.3, 0.4) is 0 Å². The molecule has 0 radical (unpaired) electrons. The molecule has 0 spiro atoms. The van der Waals surface area contributed by atoms with E-state index in [2.05, 4.69) is 17.1 Å². The van der Waals surface area contributed by atoms with Gasteiger partial charge in [-0.2, -0.15) is 0 Å². The lowest BCUT2D eigenvalue weighted by molar-refractivity contribution is -0.384. The average molecular weight is 427 g/mol. The van der Waals surface area contributed by atoms with Crippen molar-refractivity contribution in [2.75, 3.05) is 36.7 Å². The number of sulfonamides is 1. The fourth-order valence-electron chi connectivity index (χ4n) is 3.67. The third-order valence-electron chi connectivity index (χ3n) is 5.18. The van der Waals surface area contributed by atoms with Gasteiger partial charge in [0.15, 0.2) is 0 Å². The summed E-state index contributed by atoms with van der Waals surface area (Å²) in [6, 6.07) is 5.85. The molecule has 1 unspecified atom stereocenters. The van der Waals surface area contributed by atoms with Crippen LogP contribution in [-0.2, 0) is 14.8 Å². The predicted molar refractivity (Wildman–Crippen MR) is 112 cm³/mol. The predicted octanol–water partition coefficient (Wildman–Crippen LogP) is 2.13. The van der Waals surface area contributed by atoms with Crippen LogP contribution in [0.25, 0.3) is 0 Å². The summed E-state index contributed by atoms with van der Waals surface area (Å²) in [6.07, 6.45) is 6.58. The quantitative estimate of drug-likeness (QED) is 0.348. The Morgan fingerprint density at radius 3 is 2.79 bits per heavy atom.